The van der Waals surface area contributed by atoms with Crippen LogP contribution >= 0.6 is 0 Å². The number of carbonyl (C=O) groups excluding carboxylic acids is 2. The first kappa shape index (κ1) is 25.5. The van der Waals surface area contributed by atoms with Gasteiger partial charge in [-0.3, -0.25) is 0 Å². The molecular weight excluding hydrogens is 312 g/mol. The van der Waals surface area contributed by atoms with Crippen molar-refractivity contribution in [2.24, 2.45) is 5.92 Å². The maximum Gasteiger partial charge on any atom is 0.0445 e. The minimum absolute atomic E-state index is 0.241. The third-order valence-corrected chi connectivity index (χ3v) is 3.66. The van der Waals surface area contributed by atoms with Gasteiger partial charge in [0.25, 0.3) is 0 Å². The van der Waals surface area contributed by atoms with Crippen LogP contribution in [0.15, 0.2) is 0 Å². The zero-order chi connectivity index (χ0) is 17.4. The minimum atomic E-state index is -1.08. The Bertz CT molecular complexity index is 240. The summed E-state index contributed by atoms with van der Waals surface area (Å²) in [4.78, 5) is 18.9. The van der Waals surface area contributed by atoms with Gasteiger partial charge in [0.1, 0.15) is 0 Å². The van der Waals surface area contributed by atoms with Crippen LogP contribution in [-0.2, 0) is 36.2 Å². The Morgan fingerprint density at radius 2 is 1.24 bits per heavy atom. The summed E-state index contributed by atoms with van der Waals surface area (Å²) in [6, 6.07) is 0. The third kappa shape index (κ3) is 32.8. The topological polar surface area (TPSA) is 98.7 Å². The first-order valence-electron chi connectivity index (χ1n) is 7.02. The molecule has 6 nitrogen and oxygen atoms in total. The Hall–Kier alpha value is -0.426. The van der Waals surface area contributed by atoms with Gasteiger partial charge in [-0.15, -0.1) is 0 Å². The summed E-state index contributed by atoms with van der Waals surface area (Å²) in [6.45, 7) is 12.8. The molecule has 21 heavy (non-hydrogen) atoms. The van der Waals surface area contributed by atoms with Gasteiger partial charge in [-0.25, -0.2) is 0 Å². The van der Waals surface area contributed by atoms with Crippen LogP contribution in [0.25, 0.3) is 0 Å². The van der Waals surface area contributed by atoms with Gasteiger partial charge in [0.15, 0.2) is 0 Å². The van der Waals surface area contributed by atoms with Crippen molar-refractivity contribution >= 4 is 11.9 Å². The molecule has 0 aliphatic rings. The van der Waals surface area contributed by atoms with Gasteiger partial charge in [0.2, 0.25) is 0 Å². The maximum absolute atomic E-state index is 10.1. The Labute approximate surface area is 138 Å². The van der Waals surface area contributed by atoms with E-state index in [1.165, 1.54) is 0 Å². The zero-order valence-electron chi connectivity index (χ0n) is 14.1. The largest absolute Gasteiger partial charge is 0.550 e. The van der Waals surface area contributed by atoms with E-state index in [9.17, 15) is 9.90 Å². The van der Waals surface area contributed by atoms with Gasteiger partial charge in [-0.2, -0.15) is 0 Å². The molecule has 0 saturated heterocycles. The second kappa shape index (κ2) is 17.6. The van der Waals surface area contributed by atoms with Crippen LogP contribution in [0.5, 0.6) is 0 Å². The third-order valence-electron chi connectivity index (χ3n) is 1.89. The predicted molar refractivity (Wildman–Crippen MR) is 72.2 cm³/mol. The van der Waals surface area contributed by atoms with E-state index >= 15 is 0 Å². The van der Waals surface area contributed by atoms with Gasteiger partial charge in [0, 0.05) is 11.9 Å². The van der Waals surface area contributed by atoms with Crippen LogP contribution in [0.4, 0.5) is 0 Å². The van der Waals surface area contributed by atoms with E-state index in [-0.39, 0.29) is 5.92 Å². The van der Waals surface area contributed by atoms with Crippen LogP contribution in [0.2, 0.25) is 0 Å². The minimum Gasteiger partial charge on any atom is -0.550 e. The Kier molecular flexibility index (Phi) is 21.4. The average molecular weight is 340 g/mol. The number of carboxylic acid groups (broad SMARTS) is 2. The molecule has 0 rings (SSSR count). The molecule has 0 unspecified atom stereocenters. The van der Waals surface area contributed by atoms with Crippen LogP contribution < -0.4 is 10.2 Å². The standard InChI is InChI=1S/C6H12O2.2C3H7O.C2H4O2.Ti/c1-3-5(4-2)6(7)8;2*1-3(2)4;1-2(3)4;/h5H,3-4H2,1-2H3,(H,7,8);2*3H,1-2H3;1H3,(H,3,4);/q;2*-1;;+4/p-2. The Morgan fingerprint density at radius 1 is 0.952 bits per heavy atom. The fraction of sp³-hybridized carbons (Fsp3) is 0.857. The molecule has 124 valence electrons. The van der Waals surface area contributed by atoms with Crippen LogP contribution in [0.1, 0.15) is 61.3 Å². The second-order valence-electron chi connectivity index (χ2n) is 4.74. The maximum atomic E-state index is 10.1. The molecule has 0 aliphatic carbocycles. The summed E-state index contributed by atoms with van der Waals surface area (Å²) in [5, 5.41) is 18.9. The van der Waals surface area contributed by atoms with Gasteiger partial charge < -0.3 is 19.8 Å². The number of carboxylic acids is 2. The molecule has 0 aromatic heterocycles. The monoisotopic (exact) mass is 340 g/mol. The summed E-state index contributed by atoms with van der Waals surface area (Å²) in [6.07, 6.45) is 2.00. The van der Waals surface area contributed by atoms with Gasteiger partial charge in [-0.1, -0.05) is 13.8 Å². The molecule has 0 aliphatic heterocycles. The fourth-order valence-electron chi connectivity index (χ4n) is 0.842. The molecule has 0 radical (unpaired) electrons. The van der Waals surface area contributed by atoms with E-state index in [0.717, 1.165) is 6.92 Å². The Morgan fingerprint density at radius 3 is 1.33 bits per heavy atom. The molecule has 0 N–H and O–H groups in total. The van der Waals surface area contributed by atoms with Gasteiger partial charge >= 0.3 is 66.5 Å². The molecule has 0 aromatic rings. The fourth-order valence-corrected chi connectivity index (χ4v) is 1.53. The van der Waals surface area contributed by atoms with E-state index in [1.807, 2.05) is 41.5 Å². The molecule has 0 aromatic carbocycles. The molecule has 0 bridgehead atoms. The van der Waals surface area contributed by atoms with Gasteiger partial charge in [0.05, 0.1) is 0 Å². The summed E-state index contributed by atoms with van der Waals surface area (Å²) >= 11 is -0.574. The van der Waals surface area contributed by atoms with Crippen molar-refractivity contribution in [2.75, 3.05) is 0 Å². The number of hydrogen-bond donors (Lipinski definition) is 0. The zero-order valence-corrected chi connectivity index (χ0v) is 15.7. The van der Waals surface area contributed by atoms with E-state index < -0.39 is 31.9 Å². The molecule has 0 amide bonds. The Balaban J connectivity index is -0.000000249. The molecule has 7 heteroatoms. The summed E-state index contributed by atoms with van der Waals surface area (Å²) in [7, 11) is 0. The molecule has 0 saturated carbocycles. The number of aliphatic carboxylic acids is 2. The number of rotatable bonds is 7. The van der Waals surface area contributed by atoms with Crippen molar-refractivity contribution in [1.29, 1.82) is 0 Å². The molecule has 0 atom stereocenters. The van der Waals surface area contributed by atoms with E-state index in [1.54, 1.807) is 0 Å². The van der Waals surface area contributed by atoms with Crippen LogP contribution in [0, 0.1) is 5.92 Å². The molecule has 0 heterocycles. The van der Waals surface area contributed by atoms with Crippen molar-refractivity contribution < 1.29 is 46.4 Å². The normalized spacial score (nSPS) is 9.43. The summed E-state index contributed by atoms with van der Waals surface area (Å²) < 4.78 is 10.5. The van der Waals surface area contributed by atoms with Crippen molar-refractivity contribution in [3.05, 3.63) is 0 Å². The SMILES string of the molecule is CC(=O)[O-].CC(C)[O][Ti+2][O]C(C)C.CCC(CC)C(=O)[O-]. The van der Waals surface area contributed by atoms with Crippen molar-refractivity contribution in [3.8, 4) is 0 Å². The predicted octanol–water partition coefficient (Wildman–Crippen LogP) is 0.678. The quantitative estimate of drug-likeness (QED) is 0.632. The smallest absolute Gasteiger partial charge is 0.0445 e. The molecular formula is C14H28O6Ti. The van der Waals surface area contributed by atoms with Crippen molar-refractivity contribution in [2.45, 2.75) is 73.5 Å². The van der Waals surface area contributed by atoms with Crippen molar-refractivity contribution in [1.82, 2.24) is 0 Å². The van der Waals surface area contributed by atoms with Crippen molar-refractivity contribution in [3.63, 3.8) is 0 Å². The molecule has 0 fully saturated rings. The van der Waals surface area contributed by atoms with Crippen LogP contribution in [0.3, 0.4) is 0 Å². The van der Waals surface area contributed by atoms with E-state index in [4.69, 9.17) is 16.5 Å². The van der Waals surface area contributed by atoms with E-state index in [2.05, 4.69) is 0 Å². The second-order valence-corrected chi connectivity index (χ2v) is 5.74. The van der Waals surface area contributed by atoms with E-state index in [0.29, 0.717) is 25.0 Å². The number of hydrogen-bond acceptors (Lipinski definition) is 6. The molecule has 0 spiro atoms. The average Bonchev–Trinajstić information content (AvgIpc) is 2.29. The van der Waals surface area contributed by atoms with Crippen LogP contribution in [-0.4, -0.2) is 24.1 Å². The summed E-state index contributed by atoms with van der Waals surface area (Å²) in [5.74, 6) is -2.25. The number of carbonyl (C=O) groups is 2. The first-order chi connectivity index (χ1) is 9.58. The summed E-state index contributed by atoms with van der Waals surface area (Å²) in [5.41, 5.74) is 0. The van der Waals surface area contributed by atoms with Gasteiger partial charge in [-0.05, 0) is 25.7 Å². The first-order valence-corrected chi connectivity index (χ1v) is 8.30.